The Morgan fingerprint density at radius 3 is 1.79 bits per heavy atom. The van der Waals surface area contributed by atoms with Crippen molar-refractivity contribution in [2.75, 3.05) is 0 Å². The molecule has 5 heteroatoms. The molecular formula is C24H24N2O2S. The SMILES string of the molecule is Cc1ccc(C2=NN(S(=O)(=O)c3ccc(C)cc3)[C@H](c3ccc(C)cc3)C2)cc1. The Morgan fingerprint density at radius 1 is 0.759 bits per heavy atom. The van der Waals surface area contributed by atoms with Gasteiger partial charge in [-0.1, -0.05) is 77.4 Å². The zero-order chi connectivity index (χ0) is 20.6. The summed E-state index contributed by atoms with van der Waals surface area (Å²) >= 11 is 0. The topological polar surface area (TPSA) is 49.7 Å². The van der Waals surface area contributed by atoms with Crippen molar-refractivity contribution in [1.82, 2.24) is 4.41 Å². The predicted molar refractivity (Wildman–Crippen MR) is 116 cm³/mol. The molecule has 0 N–H and O–H groups in total. The van der Waals surface area contributed by atoms with E-state index in [1.165, 1.54) is 4.41 Å². The second-order valence-corrected chi connectivity index (χ2v) is 9.43. The van der Waals surface area contributed by atoms with Crippen LogP contribution in [0, 0.1) is 20.8 Å². The average molecular weight is 405 g/mol. The number of hydrogen-bond donors (Lipinski definition) is 0. The highest BCUT2D eigenvalue weighted by molar-refractivity contribution is 7.89. The molecular weight excluding hydrogens is 380 g/mol. The van der Waals surface area contributed by atoms with Crippen LogP contribution in [0.5, 0.6) is 0 Å². The number of hydrogen-bond acceptors (Lipinski definition) is 3. The van der Waals surface area contributed by atoms with Crippen LogP contribution in [0.15, 0.2) is 82.8 Å². The van der Waals surface area contributed by atoms with E-state index in [9.17, 15) is 8.42 Å². The largest absolute Gasteiger partial charge is 0.279 e. The van der Waals surface area contributed by atoms with Crippen molar-refractivity contribution in [3.05, 3.63) is 101 Å². The number of sulfonamides is 1. The smallest absolute Gasteiger partial charge is 0.200 e. The van der Waals surface area contributed by atoms with Crippen LogP contribution in [0.2, 0.25) is 0 Å². The van der Waals surface area contributed by atoms with Crippen molar-refractivity contribution < 1.29 is 8.42 Å². The molecule has 0 spiro atoms. The van der Waals surface area contributed by atoms with E-state index < -0.39 is 10.0 Å². The molecule has 3 aromatic carbocycles. The summed E-state index contributed by atoms with van der Waals surface area (Å²) in [6, 6.07) is 22.6. The van der Waals surface area contributed by atoms with E-state index in [-0.39, 0.29) is 10.9 Å². The summed E-state index contributed by atoms with van der Waals surface area (Å²) < 4.78 is 28.2. The van der Waals surface area contributed by atoms with Gasteiger partial charge in [-0.25, -0.2) is 0 Å². The zero-order valence-electron chi connectivity index (χ0n) is 16.8. The standard InChI is InChI=1S/C24H24N2O2S/c1-17-4-10-20(11-5-17)23-16-24(21-12-6-18(2)7-13-21)26(25-23)29(27,28)22-14-8-19(3)9-15-22/h4-15,24H,16H2,1-3H3/t24-/m0/s1. The van der Waals surface area contributed by atoms with Crippen LogP contribution in [0.1, 0.15) is 40.3 Å². The number of hydrazone groups is 1. The first-order valence-corrected chi connectivity index (χ1v) is 11.1. The van der Waals surface area contributed by atoms with Gasteiger partial charge in [-0.15, -0.1) is 0 Å². The Bertz CT molecular complexity index is 1150. The van der Waals surface area contributed by atoms with Gasteiger partial charge in [0, 0.05) is 6.42 Å². The van der Waals surface area contributed by atoms with Crippen LogP contribution >= 0.6 is 0 Å². The Balaban J connectivity index is 1.79. The van der Waals surface area contributed by atoms with Crippen LogP contribution in [0.3, 0.4) is 0 Å². The molecule has 0 bridgehead atoms. The van der Waals surface area contributed by atoms with Crippen LogP contribution in [0.4, 0.5) is 0 Å². The number of aryl methyl sites for hydroxylation is 3. The molecule has 1 heterocycles. The minimum atomic E-state index is -3.77. The highest BCUT2D eigenvalue weighted by Crippen LogP contribution is 2.37. The molecule has 0 radical (unpaired) electrons. The van der Waals surface area contributed by atoms with Crippen LogP contribution in [0.25, 0.3) is 0 Å². The summed E-state index contributed by atoms with van der Waals surface area (Å²) in [5.41, 5.74) is 5.99. The van der Waals surface area contributed by atoms with Crippen molar-refractivity contribution in [3.8, 4) is 0 Å². The van der Waals surface area contributed by atoms with Gasteiger partial charge in [0.1, 0.15) is 0 Å². The van der Waals surface area contributed by atoms with E-state index in [1.807, 2.05) is 81.4 Å². The molecule has 29 heavy (non-hydrogen) atoms. The molecule has 0 amide bonds. The van der Waals surface area contributed by atoms with E-state index in [1.54, 1.807) is 12.1 Å². The van der Waals surface area contributed by atoms with Gasteiger partial charge < -0.3 is 0 Å². The summed E-state index contributed by atoms with van der Waals surface area (Å²) in [5.74, 6) is 0. The van der Waals surface area contributed by atoms with Crippen LogP contribution < -0.4 is 0 Å². The van der Waals surface area contributed by atoms with Gasteiger partial charge in [0.15, 0.2) is 0 Å². The van der Waals surface area contributed by atoms with Gasteiger partial charge in [-0.2, -0.15) is 17.9 Å². The number of rotatable bonds is 4. The molecule has 0 saturated heterocycles. The molecule has 4 nitrogen and oxygen atoms in total. The lowest BCUT2D eigenvalue weighted by atomic mass is 9.98. The van der Waals surface area contributed by atoms with Crippen molar-refractivity contribution in [1.29, 1.82) is 0 Å². The maximum absolute atomic E-state index is 13.4. The fraction of sp³-hybridized carbons (Fsp3) is 0.208. The highest BCUT2D eigenvalue weighted by Gasteiger charge is 2.37. The fourth-order valence-electron chi connectivity index (χ4n) is 3.49. The monoisotopic (exact) mass is 404 g/mol. The van der Waals surface area contributed by atoms with E-state index in [0.717, 1.165) is 33.5 Å². The average Bonchev–Trinajstić information content (AvgIpc) is 3.16. The molecule has 3 aromatic rings. The number of benzene rings is 3. The fourth-order valence-corrected chi connectivity index (χ4v) is 4.92. The summed E-state index contributed by atoms with van der Waals surface area (Å²) in [6.45, 7) is 5.99. The van der Waals surface area contributed by atoms with Crippen molar-refractivity contribution in [2.45, 2.75) is 38.1 Å². The molecule has 1 aliphatic heterocycles. The van der Waals surface area contributed by atoms with Crippen molar-refractivity contribution in [2.24, 2.45) is 5.10 Å². The van der Waals surface area contributed by atoms with Gasteiger partial charge in [0.05, 0.1) is 16.6 Å². The first-order valence-electron chi connectivity index (χ1n) is 9.67. The van der Waals surface area contributed by atoms with E-state index in [2.05, 4.69) is 5.10 Å². The van der Waals surface area contributed by atoms with Gasteiger partial charge >= 0.3 is 0 Å². The Hall–Kier alpha value is -2.92. The van der Waals surface area contributed by atoms with Crippen molar-refractivity contribution in [3.63, 3.8) is 0 Å². The van der Waals surface area contributed by atoms with Gasteiger partial charge in [-0.3, -0.25) is 0 Å². The maximum Gasteiger partial charge on any atom is 0.279 e. The lowest BCUT2D eigenvalue weighted by Crippen LogP contribution is -2.27. The third-order valence-corrected chi connectivity index (χ3v) is 6.98. The summed E-state index contributed by atoms with van der Waals surface area (Å²) in [6.07, 6.45) is 0.539. The lowest BCUT2D eigenvalue weighted by molar-refractivity contribution is 0.371. The third-order valence-electron chi connectivity index (χ3n) is 5.28. The van der Waals surface area contributed by atoms with E-state index in [0.29, 0.717) is 6.42 Å². The third kappa shape index (κ3) is 3.83. The molecule has 1 aliphatic rings. The zero-order valence-corrected chi connectivity index (χ0v) is 17.6. The molecule has 148 valence electrons. The van der Waals surface area contributed by atoms with Gasteiger partial charge in [0.2, 0.25) is 0 Å². The maximum atomic E-state index is 13.4. The normalized spacial score (nSPS) is 16.7. The number of nitrogens with zero attached hydrogens (tertiary/aromatic N) is 2. The minimum absolute atomic E-state index is 0.258. The molecule has 0 unspecified atom stereocenters. The summed E-state index contributed by atoms with van der Waals surface area (Å²) in [7, 11) is -3.77. The molecule has 0 fully saturated rings. The Morgan fingerprint density at radius 2 is 1.24 bits per heavy atom. The van der Waals surface area contributed by atoms with E-state index in [4.69, 9.17) is 0 Å². The van der Waals surface area contributed by atoms with Crippen molar-refractivity contribution >= 4 is 15.7 Å². The molecule has 0 aliphatic carbocycles. The first kappa shape index (κ1) is 19.4. The second kappa shape index (κ2) is 7.48. The molecule has 0 saturated carbocycles. The molecule has 4 rings (SSSR count). The first-order chi connectivity index (χ1) is 13.8. The van der Waals surface area contributed by atoms with Gasteiger partial charge in [0.25, 0.3) is 10.0 Å². The van der Waals surface area contributed by atoms with Crippen LogP contribution in [-0.4, -0.2) is 18.5 Å². The second-order valence-electron chi connectivity index (χ2n) is 7.63. The predicted octanol–water partition coefficient (Wildman–Crippen LogP) is 5.15. The summed E-state index contributed by atoms with van der Waals surface area (Å²) in [4.78, 5) is 0.258. The van der Waals surface area contributed by atoms with Gasteiger partial charge in [-0.05, 0) is 44.0 Å². The Labute approximate surface area is 172 Å². The van der Waals surface area contributed by atoms with Crippen LogP contribution in [-0.2, 0) is 10.0 Å². The summed E-state index contributed by atoms with van der Waals surface area (Å²) in [5, 5.41) is 4.60. The molecule has 1 atom stereocenters. The minimum Gasteiger partial charge on any atom is -0.200 e. The quantitative estimate of drug-likeness (QED) is 0.604. The highest BCUT2D eigenvalue weighted by atomic mass is 32.2. The van der Waals surface area contributed by atoms with E-state index >= 15 is 0 Å². The molecule has 0 aromatic heterocycles. The lowest BCUT2D eigenvalue weighted by Gasteiger charge is -2.23. The Kier molecular flexibility index (Phi) is 5.01.